The highest BCUT2D eigenvalue weighted by molar-refractivity contribution is 6.13. The summed E-state index contributed by atoms with van der Waals surface area (Å²) in [5, 5.41) is 5.26. The third-order valence-electron chi connectivity index (χ3n) is 8.49. The molecule has 0 atom stereocenters. The van der Waals surface area contributed by atoms with Gasteiger partial charge in [0.25, 0.3) is 0 Å². The number of benzene rings is 6. The van der Waals surface area contributed by atoms with Crippen molar-refractivity contribution in [3.8, 4) is 22.5 Å². The molecule has 0 fully saturated rings. The zero-order chi connectivity index (χ0) is 25.5. The highest BCUT2D eigenvalue weighted by Crippen LogP contribution is 2.45. The zero-order valence-corrected chi connectivity index (χ0v) is 21.3. The van der Waals surface area contributed by atoms with Crippen LogP contribution < -0.4 is 0 Å². The van der Waals surface area contributed by atoms with E-state index in [-0.39, 0.29) is 0 Å². The van der Waals surface area contributed by atoms with E-state index in [0.717, 1.165) is 6.42 Å². The second-order valence-corrected chi connectivity index (χ2v) is 10.6. The van der Waals surface area contributed by atoms with Crippen LogP contribution in [0.25, 0.3) is 66.1 Å². The lowest BCUT2D eigenvalue weighted by Crippen LogP contribution is -1.94. The number of fused-ring (bicyclic) bond motifs is 9. The van der Waals surface area contributed by atoms with Gasteiger partial charge in [-0.15, -0.1) is 0 Å². The van der Waals surface area contributed by atoms with Crippen molar-refractivity contribution in [2.45, 2.75) is 6.42 Å². The molecule has 6 aromatic carbocycles. The van der Waals surface area contributed by atoms with Crippen molar-refractivity contribution in [1.29, 1.82) is 0 Å². The normalized spacial score (nSPS) is 12.5. The fraction of sp³-hybridized carbons (Fsp3) is 0.0270. The number of aromatic nitrogens is 2. The van der Waals surface area contributed by atoms with Gasteiger partial charge in [-0.05, 0) is 89.3 Å². The first-order chi connectivity index (χ1) is 19.3. The van der Waals surface area contributed by atoms with Crippen molar-refractivity contribution < 1.29 is 0 Å². The predicted molar refractivity (Wildman–Crippen MR) is 163 cm³/mol. The summed E-state index contributed by atoms with van der Waals surface area (Å²) in [4.78, 5) is 0. The van der Waals surface area contributed by atoms with Crippen molar-refractivity contribution in [1.82, 2.24) is 9.13 Å². The van der Waals surface area contributed by atoms with E-state index in [4.69, 9.17) is 0 Å². The summed E-state index contributed by atoms with van der Waals surface area (Å²) in [5.41, 5.74) is 12.9. The Kier molecular flexibility index (Phi) is 4.14. The molecule has 182 valence electrons. The number of para-hydroxylation sites is 4. The molecule has 0 bridgehead atoms. The maximum Gasteiger partial charge on any atom is 0.0547 e. The SMILES string of the molecule is c1ccc(-n2c3ccccc3c3cc4c(cc32)-c2cc3c(cc2C4)c2ccccc2n3-c2ccccc2)cc1. The molecule has 0 spiro atoms. The monoisotopic (exact) mass is 496 g/mol. The van der Waals surface area contributed by atoms with Gasteiger partial charge in [0, 0.05) is 32.9 Å². The number of hydrogen-bond donors (Lipinski definition) is 0. The van der Waals surface area contributed by atoms with Gasteiger partial charge in [-0.2, -0.15) is 0 Å². The van der Waals surface area contributed by atoms with Gasteiger partial charge in [0.1, 0.15) is 0 Å². The molecule has 2 heterocycles. The predicted octanol–water partition coefficient (Wildman–Crippen LogP) is 9.45. The lowest BCUT2D eigenvalue weighted by Gasteiger charge is -2.10. The standard InChI is InChI=1S/C37H24N2/c1-3-11-26(12-4-1)38-34-17-9-7-15-28(34)32-20-24-19-25-21-33-29-16-8-10-18-35(29)39(27-13-5-2-6-14-27)37(33)23-31(25)30(24)22-36(32)38/h1-18,20-23H,19H2. The van der Waals surface area contributed by atoms with Crippen LogP contribution in [-0.2, 0) is 6.42 Å². The zero-order valence-electron chi connectivity index (χ0n) is 21.3. The summed E-state index contributed by atoms with van der Waals surface area (Å²) in [7, 11) is 0. The summed E-state index contributed by atoms with van der Waals surface area (Å²) in [6, 6.07) is 48.8. The smallest absolute Gasteiger partial charge is 0.0547 e. The Morgan fingerprint density at radius 3 is 1.23 bits per heavy atom. The first kappa shape index (κ1) is 20.9. The molecular formula is C37H24N2. The minimum absolute atomic E-state index is 0.965. The average Bonchev–Trinajstić information content (AvgIpc) is 3.62. The van der Waals surface area contributed by atoms with Gasteiger partial charge in [-0.3, -0.25) is 0 Å². The van der Waals surface area contributed by atoms with Gasteiger partial charge in [-0.1, -0.05) is 72.8 Å². The van der Waals surface area contributed by atoms with E-state index in [1.165, 1.54) is 77.2 Å². The molecule has 0 N–H and O–H groups in total. The van der Waals surface area contributed by atoms with Crippen molar-refractivity contribution in [2.24, 2.45) is 0 Å². The molecule has 0 amide bonds. The van der Waals surface area contributed by atoms with Crippen LogP contribution in [0.2, 0.25) is 0 Å². The quantitative estimate of drug-likeness (QED) is 0.226. The summed E-state index contributed by atoms with van der Waals surface area (Å²) < 4.78 is 4.84. The van der Waals surface area contributed by atoms with Gasteiger partial charge in [-0.25, -0.2) is 0 Å². The van der Waals surface area contributed by atoms with Crippen molar-refractivity contribution in [3.05, 3.63) is 145 Å². The minimum Gasteiger partial charge on any atom is -0.309 e. The van der Waals surface area contributed by atoms with Crippen LogP contribution in [0.15, 0.2) is 133 Å². The summed E-state index contributed by atoms with van der Waals surface area (Å²) in [6.45, 7) is 0. The number of hydrogen-bond acceptors (Lipinski definition) is 0. The van der Waals surface area contributed by atoms with Crippen LogP contribution in [0.1, 0.15) is 11.1 Å². The van der Waals surface area contributed by atoms with E-state index < -0.39 is 0 Å². The van der Waals surface area contributed by atoms with E-state index in [1.54, 1.807) is 0 Å². The lowest BCUT2D eigenvalue weighted by molar-refractivity contribution is 1.18. The number of rotatable bonds is 2. The summed E-state index contributed by atoms with van der Waals surface area (Å²) in [5.74, 6) is 0. The second kappa shape index (κ2) is 7.72. The minimum atomic E-state index is 0.965. The summed E-state index contributed by atoms with van der Waals surface area (Å²) in [6.07, 6.45) is 0.965. The van der Waals surface area contributed by atoms with Gasteiger partial charge in [0.15, 0.2) is 0 Å². The van der Waals surface area contributed by atoms with Gasteiger partial charge < -0.3 is 9.13 Å². The maximum absolute atomic E-state index is 2.44. The molecule has 2 nitrogen and oxygen atoms in total. The molecule has 39 heavy (non-hydrogen) atoms. The Morgan fingerprint density at radius 2 is 0.769 bits per heavy atom. The third kappa shape index (κ3) is 2.86. The molecule has 0 radical (unpaired) electrons. The molecule has 8 aromatic rings. The Balaban J connectivity index is 1.36. The lowest BCUT2D eigenvalue weighted by atomic mass is 10.0. The van der Waals surface area contributed by atoms with E-state index >= 15 is 0 Å². The van der Waals surface area contributed by atoms with E-state index in [9.17, 15) is 0 Å². The topological polar surface area (TPSA) is 9.86 Å². The molecule has 1 aliphatic rings. The highest BCUT2D eigenvalue weighted by atomic mass is 15.0. The molecule has 9 rings (SSSR count). The van der Waals surface area contributed by atoms with Crippen molar-refractivity contribution >= 4 is 43.6 Å². The van der Waals surface area contributed by atoms with Gasteiger partial charge in [0.2, 0.25) is 0 Å². The van der Waals surface area contributed by atoms with Gasteiger partial charge in [0.05, 0.1) is 22.1 Å². The molecule has 2 heteroatoms. The van der Waals surface area contributed by atoms with Crippen LogP contribution in [-0.4, -0.2) is 9.13 Å². The third-order valence-corrected chi connectivity index (χ3v) is 8.49. The first-order valence-corrected chi connectivity index (χ1v) is 13.6. The Bertz CT molecular complexity index is 2070. The summed E-state index contributed by atoms with van der Waals surface area (Å²) >= 11 is 0. The van der Waals surface area contributed by atoms with E-state index in [1.807, 2.05) is 0 Å². The fourth-order valence-electron chi connectivity index (χ4n) is 6.83. The van der Waals surface area contributed by atoms with Crippen LogP contribution in [0.3, 0.4) is 0 Å². The second-order valence-electron chi connectivity index (χ2n) is 10.6. The largest absolute Gasteiger partial charge is 0.309 e. The molecule has 1 aliphatic carbocycles. The number of nitrogens with zero attached hydrogens (tertiary/aromatic N) is 2. The molecule has 0 saturated heterocycles. The molecule has 0 saturated carbocycles. The van der Waals surface area contributed by atoms with E-state index in [0.29, 0.717) is 0 Å². The van der Waals surface area contributed by atoms with Crippen LogP contribution >= 0.6 is 0 Å². The Hall–Kier alpha value is -5.08. The highest BCUT2D eigenvalue weighted by Gasteiger charge is 2.24. The van der Waals surface area contributed by atoms with Crippen LogP contribution in [0.4, 0.5) is 0 Å². The molecule has 2 aromatic heterocycles. The van der Waals surface area contributed by atoms with Crippen LogP contribution in [0.5, 0.6) is 0 Å². The Labute approximate surface area is 226 Å². The van der Waals surface area contributed by atoms with E-state index in [2.05, 4.69) is 143 Å². The molecule has 0 aliphatic heterocycles. The van der Waals surface area contributed by atoms with Crippen molar-refractivity contribution in [3.63, 3.8) is 0 Å². The van der Waals surface area contributed by atoms with Crippen molar-refractivity contribution in [2.75, 3.05) is 0 Å². The van der Waals surface area contributed by atoms with Gasteiger partial charge >= 0.3 is 0 Å². The maximum atomic E-state index is 2.44. The molecular weight excluding hydrogens is 472 g/mol. The fourth-order valence-corrected chi connectivity index (χ4v) is 6.83. The molecule has 0 unspecified atom stereocenters. The first-order valence-electron chi connectivity index (χ1n) is 13.6. The van der Waals surface area contributed by atoms with Crippen LogP contribution in [0, 0.1) is 0 Å². The Morgan fingerprint density at radius 1 is 0.359 bits per heavy atom. The average molecular weight is 497 g/mol.